The molecule has 0 heterocycles. The topological polar surface area (TPSA) is 17.1 Å². The number of carbonyl (C=O) groups is 1. The van der Waals surface area contributed by atoms with Crippen molar-refractivity contribution in [2.24, 2.45) is 11.8 Å². The molecule has 2 atom stereocenters. The highest BCUT2D eigenvalue weighted by Gasteiger charge is 2.32. The third-order valence-electron chi connectivity index (χ3n) is 4.77. The maximum Gasteiger partial charge on any atom is 0.132 e. The molecule has 2 unspecified atom stereocenters. The molecular formula is C17H22O. The van der Waals surface area contributed by atoms with Crippen LogP contribution < -0.4 is 0 Å². The van der Waals surface area contributed by atoms with Gasteiger partial charge in [0, 0.05) is 12.8 Å². The number of ketones is 1. The van der Waals surface area contributed by atoms with Gasteiger partial charge in [0.25, 0.3) is 0 Å². The summed E-state index contributed by atoms with van der Waals surface area (Å²) < 4.78 is 0. The van der Waals surface area contributed by atoms with E-state index in [-0.39, 0.29) is 0 Å². The fourth-order valence-electron chi connectivity index (χ4n) is 3.19. The Morgan fingerprint density at radius 2 is 1.72 bits per heavy atom. The highest BCUT2D eigenvalue weighted by Crippen LogP contribution is 2.40. The normalized spacial score (nSPS) is 28.4. The molecule has 0 bridgehead atoms. The molecule has 1 nitrogen and oxygen atoms in total. The summed E-state index contributed by atoms with van der Waals surface area (Å²) in [5.74, 6) is 2.94. The molecule has 0 aromatic heterocycles. The van der Waals surface area contributed by atoms with Crippen molar-refractivity contribution in [1.82, 2.24) is 0 Å². The molecular weight excluding hydrogens is 220 g/mol. The highest BCUT2D eigenvalue weighted by atomic mass is 16.1. The molecule has 0 aliphatic heterocycles. The Morgan fingerprint density at radius 3 is 2.28 bits per heavy atom. The van der Waals surface area contributed by atoms with Crippen LogP contribution in [0.2, 0.25) is 0 Å². The lowest BCUT2D eigenvalue weighted by Crippen LogP contribution is -2.12. The summed E-state index contributed by atoms with van der Waals surface area (Å²) in [6.45, 7) is 2.35. The largest absolute Gasteiger partial charge is 0.300 e. The van der Waals surface area contributed by atoms with Crippen LogP contribution in [-0.2, 0) is 11.2 Å². The van der Waals surface area contributed by atoms with Crippen molar-refractivity contribution in [3.8, 4) is 0 Å². The van der Waals surface area contributed by atoms with Gasteiger partial charge in [-0.05, 0) is 54.6 Å². The molecule has 0 N–H and O–H groups in total. The van der Waals surface area contributed by atoms with Crippen LogP contribution in [0, 0.1) is 11.8 Å². The Morgan fingerprint density at radius 1 is 1.11 bits per heavy atom. The molecule has 0 radical (unpaired) electrons. The lowest BCUT2D eigenvalue weighted by atomic mass is 9.83. The summed E-state index contributed by atoms with van der Waals surface area (Å²) in [5, 5.41) is 0. The van der Waals surface area contributed by atoms with Crippen LogP contribution in [0.25, 0.3) is 0 Å². The monoisotopic (exact) mass is 242 g/mol. The Hall–Kier alpha value is -1.11. The van der Waals surface area contributed by atoms with Gasteiger partial charge in [-0.2, -0.15) is 0 Å². The van der Waals surface area contributed by atoms with Crippen molar-refractivity contribution < 1.29 is 4.79 Å². The highest BCUT2D eigenvalue weighted by molar-refractivity contribution is 5.79. The van der Waals surface area contributed by atoms with Gasteiger partial charge in [-0.25, -0.2) is 0 Å². The van der Waals surface area contributed by atoms with E-state index in [0.717, 1.165) is 37.5 Å². The van der Waals surface area contributed by atoms with Crippen molar-refractivity contribution in [3.05, 3.63) is 35.4 Å². The number of hydrogen-bond donors (Lipinski definition) is 0. The van der Waals surface area contributed by atoms with E-state index in [0.29, 0.717) is 11.7 Å². The Balaban J connectivity index is 1.61. The maximum atomic E-state index is 11.3. The minimum absolute atomic E-state index is 0.450. The van der Waals surface area contributed by atoms with Gasteiger partial charge in [-0.15, -0.1) is 0 Å². The average Bonchev–Trinajstić information content (AvgIpc) is 3.07. The molecule has 96 valence electrons. The summed E-state index contributed by atoms with van der Waals surface area (Å²) in [4.78, 5) is 11.3. The van der Waals surface area contributed by atoms with Gasteiger partial charge in [0.2, 0.25) is 0 Å². The summed E-state index contributed by atoms with van der Waals surface area (Å²) in [7, 11) is 0. The van der Waals surface area contributed by atoms with Gasteiger partial charge in [-0.3, -0.25) is 4.79 Å². The van der Waals surface area contributed by atoms with Crippen molar-refractivity contribution in [2.45, 2.75) is 51.4 Å². The number of benzene rings is 1. The van der Waals surface area contributed by atoms with E-state index in [1.165, 1.54) is 24.0 Å². The van der Waals surface area contributed by atoms with E-state index in [9.17, 15) is 4.79 Å². The van der Waals surface area contributed by atoms with Gasteiger partial charge in [0.15, 0.2) is 0 Å². The smallest absolute Gasteiger partial charge is 0.132 e. The lowest BCUT2D eigenvalue weighted by molar-refractivity contribution is -0.120. The fourth-order valence-corrected chi connectivity index (χ4v) is 3.19. The van der Waals surface area contributed by atoms with Gasteiger partial charge >= 0.3 is 0 Å². The van der Waals surface area contributed by atoms with E-state index in [2.05, 4.69) is 31.2 Å². The standard InChI is InChI=1S/C17H22O/c1-12-10-16(12)11-13-2-4-14(5-3-13)15-6-8-17(18)9-7-15/h2-5,12,15-16H,6-11H2,1H3. The van der Waals surface area contributed by atoms with Crippen LogP contribution in [0.4, 0.5) is 0 Å². The lowest BCUT2D eigenvalue weighted by Gasteiger charge is -2.21. The Labute approximate surface area is 110 Å². The molecule has 1 aromatic rings. The van der Waals surface area contributed by atoms with Gasteiger partial charge in [0.1, 0.15) is 5.78 Å². The number of rotatable bonds is 3. The minimum Gasteiger partial charge on any atom is -0.300 e. The van der Waals surface area contributed by atoms with Gasteiger partial charge in [0.05, 0.1) is 0 Å². The zero-order chi connectivity index (χ0) is 12.5. The Bertz CT molecular complexity index is 421. The SMILES string of the molecule is CC1CC1Cc1ccc(C2CCC(=O)CC2)cc1. The minimum atomic E-state index is 0.450. The van der Waals surface area contributed by atoms with E-state index < -0.39 is 0 Å². The first-order valence-electron chi connectivity index (χ1n) is 7.33. The van der Waals surface area contributed by atoms with Crippen LogP contribution in [-0.4, -0.2) is 5.78 Å². The van der Waals surface area contributed by atoms with Gasteiger partial charge in [-0.1, -0.05) is 31.2 Å². The first kappa shape index (κ1) is 12.0. The van der Waals surface area contributed by atoms with Crippen molar-refractivity contribution >= 4 is 5.78 Å². The molecule has 3 rings (SSSR count). The van der Waals surface area contributed by atoms with Crippen LogP contribution in [0.5, 0.6) is 0 Å². The first-order chi connectivity index (χ1) is 8.72. The quantitative estimate of drug-likeness (QED) is 0.779. The van der Waals surface area contributed by atoms with Crippen LogP contribution >= 0.6 is 0 Å². The number of carbonyl (C=O) groups excluding carboxylic acids is 1. The third-order valence-corrected chi connectivity index (χ3v) is 4.77. The second-order valence-corrected chi connectivity index (χ2v) is 6.23. The molecule has 1 heteroatoms. The number of Topliss-reactive ketones (excluding diaryl/α,β-unsaturated/α-hetero) is 1. The molecule has 0 saturated heterocycles. The summed E-state index contributed by atoms with van der Waals surface area (Å²) >= 11 is 0. The molecule has 18 heavy (non-hydrogen) atoms. The molecule has 0 amide bonds. The van der Waals surface area contributed by atoms with Gasteiger partial charge < -0.3 is 0 Å². The average molecular weight is 242 g/mol. The van der Waals surface area contributed by atoms with Crippen molar-refractivity contribution in [3.63, 3.8) is 0 Å². The van der Waals surface area contributed by atoms with E-state index in [1.54, 1.807) is 0 Å². The summed E-state index contributed by atoms with van der Waals surface area (Å²) in [5.41, 5.74) is 2.93. The molecule has 2 fully saturated rings. The van der Waals surface area contributed by atoms with E-state index in [1.807, 2.05) is 0 Å². The van der Waals surface area contributed by atoms with Crippen LogP contribution in [0.15, 0.2) is 24.3 Å². The fraction of sp³-hybridized carbons (Fsp3) is 0.588. The van der Waals surface area contributed by atoms with Crippen molar-refractivity contribution in [1.29, 1.82) is 0 Å². The zero-order valence-corrected chi connectivity index (χ0v) is 11.2. The predicted molar refractivity (Wildman–Crippen MR) is 73.6 cm³/mol. The third kappa shape index (κ3) is 2.66. The second kappa shape index (κ2) is 4.87. The first-order valence-corrected chi connectivity index (χ1v) is 7.33. The molecule has 2 aliphatic rings. The maximum absolute atomic E-state index is 11.3. The number of hydrogen-bond acceptors (Lipinski definition) is 1. The van der Waals surface area contributed by atoms with Crippen LogP contribution in [0.1, 0.15) is 56.1 Å². The predicted octanol–water partition coefficient (Wildman–Crippen LogP) is 4.11. The van der Waals surface area contributed by atoms with Crippen molar-refractivity contribution in [2.75, 3.05) is 0 Å². The van der Waals surface area contributed by atoms with Crippen LogP contribution in [0.3, 0.4) is 0 Å². The van der Waals surface area contributed by atoms with E-state index >= 15 is 0 Å². The molecule has 0 spiro atoms. The molecule has 2 aliphatic carbocycles. The summed E-state index contributed by atoms with van der Waals surface area (Å²) in [6.07, 6.45) is 6.34. The second-order valence-electron chi connectivity index (χ2n) is 6.23. The Kier molecular flexibility index (Phi) is 3.23. The summed E-state index contributed by atoms with van der Waals surface area (Å²) in [6, 6.07) is 9.19. The van der Waals surface area contributed by atoms with E-state index in [4.69, 9.17) is 0 Å². The molecule has 1 aromatic carbocycles. The zero-order valence-electron chi connectivity index (χ0n) is 11.2. The molecule has 2 saturated carbocycles.